The Kier molecular flexibility index (Phi) is 6.06. The van der Waals surface area contributed by atoms with Crippen LogP contribution in [0.15, 0.2) is 29.2 Å². The summed E-state index contributed by atoms with van der Waals surface area (Å²) in [5.41, 5.74) is 0.162. The fourth-order valence-corrected chi connectivity index (χ4v) is 6.56. The van der Waals surface area contributed by atoms with Gasteiger partial charge in [0.1, 0.15) is 16.7 Å². The van der Waals surface area contributed by atoms with E-state index in [0.29, 0.717) is 19.0 Å². The number of pyridine rings is 1. The van der Waals surface area contributed by atoms with Crippen molar-refractivity contribution in [3.63, 3.8) is 0 Å². The molecule has 2 unspecified atom stereocenters. The molecule has 2 N–H and O–H groups in total. The smallest absolute Gasteiger partial charge is 0.268 e. The van der Waals surface area contributed by atoms with Gasteiger partial charge in [-0.2, -0.15) is 4.39 Å². The van der Waals surface area contributed by atoms with Crippen LogP contribution in [0.1, 0.15) is 26.2 Å². The number of hydrogen-bond donors (Lipinski definition) is 2. The third-order valence-corrected chi connectivity index (χ3v) is 8.66. The highest BCUT2D eigenvalue weighted by Gasteiger charge is 2.55. The van der Waals surface area contributed by atoms with Crippen LogP contribution in [0.3, 0.4) is 0 Å². The molecular weight excluding hydrogens is 465 g/mol. The topological polar surface area (TPSA) is 74.3 Å². The normalized spacial score (nSPS) is 25.2. The van der Waals surface area contributed by atoms with Gasteiger partial charge in [-0.3, -0.25) is 4.72 Å². The van der Waals surface area contributed by atoms with Gasteiger partial charge in [0.25, 0.3) is 10.0 Å². The minimum Gasteiger partial charge on any atom is -0.365 e. The molecular formula is C21H24ClF3N4O2S. The SMILES string of the molecule is CNCC1N(c2cc(F)c(S(=O)(=O)Nc3cccc(F)n3)c(F)c2Cl)CC[C@]12CCC2C. The van der Waals surface area contributed by atoms with Crippen molar-refractivity contribution in [2.45, 2.75) is 37.1 Å². The van der Waals surface area contributed by atoms with Crippen LogP contribution < -0.4 is 14.9 Å². The average molecular weight is 489 g/mol. The number of nitrogens with one attached hydrogen (secondary N) is 2. The molecule has 2 aliphatic rings. The van der Waals surface area contributed by atoms with Crippen molar-refractivity contribution in [1.29, 1.82) is 0 Å². The molecule has 1 saturated carbocycles. The molecule has 1 aliphatic heterocycles. The largest absolute Gasteiger partial charge is 0.365 e. The minimum absolute atomic E-state index is 0.0235. The first kappa shape index (κ1) is 23.1. The van der Waals surface area contributed by atoms with Crippen LogP contribution in [-0.2, 0) is 10.0 Å². The van der Waals surface area contributed by atoms with E-state index >= 15 is 8.78 Å². The Morgan fingerprint density at radius 2 is 2.03 bits per heavy atom. The molecule has 0 bridgehead atoms. The van der Waals surface area contributed by atoms with Crippen LogP contribution >= 0.6 is 11.6 Å². The van der Waals surface area contributed by atoms with Gasteiger partial charge >= 0.3 is 0 Å². The quantitative estimate of drug-likeness (QED) is 0.471. The Morgan fingerprint density at radius 3 is 2.62 bits per heavy atom. The Balaban J connectivity index is 1.72. The fraction of sp³-hybridized carbons (Fsp3) is 0.476. The van der Waals surface area contributed by atoms with Crippen LogP contribution in [0.25, 0.3) is 0 Å². The van der Waals surface area contributed by atoms with Crippen LogP contribution in [0.4, 0.5) is 24.7 Å². The number of likely N-dealkylation sites (N-methyl/N-ethyl adjacent to an activating group) is 1. The molecule has 1 aromatic carbocycles. The van der Waals surface area contributed by atoms with Gasteiger partial charge in [0.2, 0.25) is 5.95 Å². The number of rotatable bonds is 6. The van der Waals surface area contributed by atoms with Gasteiger partial charge in [0.05, 0.1) is 5.69 Å². The number of aromatic nitrogens is 1. The highest BCUT2D eigenvalue weighted by Crippen LogP contribution is 2.57. The number of benzene rings is 1. The number of halogens is 4. The second kappa shape index (κ2) is 8.39. The third kappa shape index (κ3) is 3.72. The molecule has 32 heavy (non-hydrogen) atoms. The summed E-state index contributed by atoms with van der Waals surface area (Å²) in [4.78, 5) is 4.01. The first-order valence-corrected chi connectivity index (χ1v) is 12.2. The summed E-state index contributed by atoms with van der Waals surface area (Å²) in [6.45, 7) is 3.35. The molecule has 1 spiro atoms. The van der Waals surface area contributed by atoms with Gasteiger partial charge in [-0.25, -0.2) is 22.2 Å². The predicted molar refractivity (Wildman–Crippen MR) is 117 cm³/mol. The average Bonchev–Trinajstić information content (AvgIpc) is 3.10. The lowest BCUT2D eigenvalue weighted by Gasteiger charge is -2.51. The van der Waals surface area contributed by atoms with Gasteiger partial charge in [0.15, 0.2) is 10.7 Å². The zero-order valence-corrected chi connectivity index (χ0v) is 19.2. The van der Waals surface area contributed by atoms with E-state index in [1.54, 1.807) is 0 Å². The van der Waals surface area contributed by atoms with Gasteiger partial charge in [-0.05, 0) is 49.8 Å². The number of hydrogen-bond acceptors (Lipinski definition) is 5. The number of sulfonamides is 1. The Labute approximate surface area is 190 Å². The van der Waals surface area contributed by atoms with Gasteiger partial charge in [-0.15, -0.1) is 0 Å². The molecule has 0 radical (unpaired) electrons. The molecule has 6 nitrogen and oxygen atoms in total. The maximum atomic E-state index is 15.2. The summed E-state index contributed by atoms with van der Waals surface area (Å²) >= 11 is 6.27. The lowest BCUT2D eigenvalue weighted by atomic mass is 9.57. The van der Waals surface area contributed by atoms with Crippen molar-refractivity contribution in [1.82, 2.24) is 10.3 Å². The molecule has 0 amide bonds. The molecule has 1 saturated heterocycles. The van der Waals surface area contributed by atoms with Crippen LogP contribution in [0, 0.1) is 28.9 Å². The third-order valence-electron chi connectivity index (χ3n) is 6.91. The molecule has 1 aromatic heterocycles. The minimum atomic E-state index is -4.75. The lowest BCUT2D eigenvalue weighted by molar-refractivity contribution is 0.0345. The van der Waals surface area contributed by atoms with Crippen LogP contribution in [0.5, 0.6) is 0 Å². The summed E-state index contributed by atoms with van der Waals surface area (Å²) in [6, 6.07) is 4.33. The number of anilines is 2. The van der Waals surface area contributed by atoms with E-state index in [0.717, 1.165) is 37.5 Å². The fourth-order valence-electron chi connectivity index (χ4n) is 5.10. The standard InChI is InChI=1S/C21H24ClF3N4O2S/c1-12-6-7-21(12)8-9-29(15(21)11-26-2)14-10-13(23)20(19(25)18(14)22)32(30,31)28-17-5-3-4-16(24)27-17/h3-5,10,12,15,26H,6-9,11H2,1-2H3,(H,27,28)/t12?,15?,21-/m0/s1. The Morgan fingerprint density at radius 1 is 1.28 bits per heavy atom. The van der Waals surface area contributed by atoms with Crippen molar-refractivity contribution in [3.8, 4) is 0 Å². The van der Waals surface area contributed by atoms with Crippen molar-refractivity contribution in [2.24, 2.45) is 11.3 Å². The maximum Gasteiger partial charge on any atom is 0.268 e. The Hall–Kier alpha value is -2.04. The molecule has 2 heterocycles. The van der Waals surface area contributed by atoms with Crippen molar-refractivity contribution < 1.29 is 21.6 Å². The van der Waals surface area contributed by atoms with Gasteiger partial charge in [0, 0.05) is 25.2 Å². The van der Waals surface area contributed by atoms with Crippen molar-refractivity contribution >= 4 is 33.1 Å². The van der Waals surface area contributed by atoms with Crippen molar-refractivity contribution in [3.05, 3.63) is 46.9 Å². The first-order chi connectivity index (χ1) is 15.1. The van der Waals surface area contributed by atoms with E-state index in [1.807, 2.05) is 16.7 Å². The summed E-state index contributed by atoms with van der Waals surface area (Å²) in [6.07, 6.45) is 2.99. The zero-order valence-electron chi connectivity index (χ0n) is 17.6. The van der Waals surface area contributed by atoms with Crippen LogP contribution in [0.2, 0.25) is 5.02 Å². The van der Waals surface area contributed by atoms with E-state index in [1.165, 1.54) is 6.07 Å². The summed E-state index contributed by atoms with van der Waals surface area (Å²) in [5, 5.41) is 2.69. The van der Waals surface area contributed by atoms with E-state index < -0.39 is 43.3 Å². The van der Waals surface area contributed by atoms with E-state index in [9.17, 15) is 12.8 Å². The highest BCUT2D eigenvalue weighted by molar-refractivity contribution is 7.92. The van der Waals surface area contributed by atoms with E-state index in [4.69, 9.17) is 11.6 Å². The molecule has 2 aromatic rings. The zero-order chi connectivity index (χ0) is 23.3. The highest BCUT2D eigenvalue weighted by atomic mass is 35.5. The van der Waals surface area contributed by atoms with Crippen LogP contribution in [-0.4, -0.2) is 39.6 Å². The maximum absolute atomic E-state index is 15.2. The summed E-state index contributed by atoms with van der Waals surface area (Å²) in [5.74, 6) is -3.54. The molecule has 1 aliphatic carbocycles. The Bertz CT molecular complexity index is 1150. The monoisotopic (exact) mass is 488 g/mol. The molecule has 174 valence electrons. The van der Waals surface area contributed by atoms with Crippen molar-refractivity contribution in [2.75, 3.05) is 29.8 Å². The second-order valence-corrected chi connectivity index (χ2v) is 10.5. The lowest BCUT2D eigenvalue weighted by Crippen LogP contribution is -2.53. The van der Waals surface area contributed by atoms with Gasteiger partial charge < -0.3 is 10.2 Å². The predicted octanol–water partition coefficient (Wildman–Crippen LogP) is 4.17. The first-order valence-electron chi connectivity index (χ1n) is 10.3. The summed E-state index contributed by atoms with van der Waals surface area (Å²) in [7, 11) is -2.93. The second-order valence-electron chi connectivity index (χ2n) is 8.48. The molecule has 3 atom stereocenters. The number of nitrogens with zero attached hydrogens (tertiary/aromatic N) is 2. The van der Waals surface area contributed by atoms with E-state index in [-0.39, 0.29) is 17.1 Å². The summed E-state index contributed by atoms with van der Waals surface area (Å²) < 4.78 is 70.8. The molecule has 2 fully saturated rings. The van der Waals surface area contributed by atoms with Gasteiger partial charge in [-0.1, -0.05) is 24.6 Å². The molecule has 4 rings (SSSR count). The molecule has 11 heteroatoms. The van der Waals surface area contributed by atoms with E-state index in [2.05, 4.69) is 17.2 Å².